The number of nitrogens with zero attached hydrogens (tertiary/aromatic N) is 2. The molecule has 5 nitrogen and oxygen atoms in total. The number of carboxylic acids is 1. The fraction of sp³-hybridized carbons (Fsp3) is 0.280. The summed E-state index contributed by atoms with van der Waals surface area (Å²) >= 11 is 0. The van der Waals surface area contributed by atoms with Crippen molar-refractivity contribution in [1.82, 2.24) is 9.88 Å². The van der Waals surface area contributed by atoms with Crippen LogP contribution in [0.15, 0.2) is 66.7 Å². The average Bonchev–Trinajstić information content (AvgIpc) is 2.77. The van der Waals surface area contributed by atoms with Crippen LogP contribution in [0.2, 0.25) is 0 Å². The molecule has 5 heteroatoms. The van der Waals surface area contributed by atoms with Crippen LogP contribution in [0, 0.1) is 0 Å². The molecule has 0 saturated heterocycles. The molecule has 1 aliphatic rings. The van der Waals surface area contributed by atoms with Crippen LogP contribution in [0.25, 0.3) is 11.3 Å². The van der Waals surface area contributed by atoms with E-state index in [0.29, 0.717) is 6.61 Å². The van der Waals surface area contributed by atoms with E-state index in [4.69, 9.17) is 14.8 Å². The molecule has 2 heterocycles. The number of aliphatic carboxylic acids is 1. The third-order valence-corrected chi connectivity index (χ3v) is 5.57. The summed E-state index contributed by atoms with van der Waals surface area (Å²) in [5.41, 5.74) is 5.45. The van der Waals surface area contributed by atoms with Crippen LogP contribution in [0.3, 0.4) is 0 Å². The van der Waals surface area contributed by atoms with Gasteiger partial charge in [-0.05, 0) is 48.4 Å². The maximum atomic E-state index is 11.0. The van der Waals surface area contributed by atoms with Crippen molar-refractivity contribution in [2.45, 2.75) is 39.0 Å². The Morgan fingerprint density at radius 2 is 1.87 bits per heavy atom. The molecule has 30 heavy (non-hydrogen) atoms. The number of aromatic nitrogens is 1. The summed E-state index contributed by atoms with van der Waals surface area (Å²) in [7, 11) is 0. The van der Waals surface area contributed by atoms with E-state index >= 15 is 0 Å². The van der Waals surface area contributed by atoms with Crippen LogP contribution in [-0.2, 0) is 24.4 Å². The SMILES string of the molecule is CC(CC(=O)O)N1CCc2nc(-c3ccc(OCc4ccccc4)cc3)ccc2C1. The average molecular weight is 402 g/mol. The summed E-state index contributed by atoms with van der Waals surface area (Å²) in [6.45, 7) is 4.11. The number of pyridine rings is 1. The Hall–Kier alpha value is -3.18. The maximum absolute atomic E-state index is 11.0. The van der Waals surface area contributed by atoms with Gasteiger partial charge in [-0.3, -0.25) is 14.7 Å². The van der Waals surface area contributed by atoms with Crippen LogP contribution in [0.4, 0.5) is 0 Å². The van der Waals surface area contributed by atoms with Gasteiger partial charge in [0.1, 0.15) is 12.4 Å². The van der Waals surface area contributed by atoms with E-state index < -0.39 is 5.97 Å². The van der Waals surface area contributed by atoms with E-state index in [0.717, 1.165) is 47.8 Å². The minimum Gasteiger partial charge on any atom is -0.489 e. The lowest BCUT2D eigenvalue weighted by Gasteiger charge is -2.32. The Morgan fingerprint density at radius 1 is 1.10 bits per heavy atom. The van der Waals surface area contributed by atoms with Gasteiger partial charge in [0.2, 0.25) is 0 Å². The molecule has 4 rings (SSSR count). The lowest BCUT2D eigenvalue weighted by Crippen LogP contribution is -2.39. The number of ether oxygens (including phenoxy) is 1. The van der Waals surface area contributed by atoms with Crippen LogP contribution in [0.1, 0.15) is 30.2 Å². The summed E-state index contributed by atoms with van der Waals surface area (Å²) < 4.78 is 5.87. The van der Waals surface area contributed by atoms with Crippen molar-refractivity contribution in [3.05, 3.63) is 83.6 Å². The standard InChI is InChI=1S/C25H26N2O3/c1-18(15-25(28)29)27-14-13-24-21(16-27)9-12-23(26-24)20-7-10-22(11-8-20)30-17-19-5-3-2-4-6-19/h2-12,18H,13-17H2,1H3,(H,28,29). The summed E-state index contributed by atoms with van der Waals surface area (Å²) in [6, 6.07) is 22.4. The molecule has 0 saturated carbocycles. The van der Waals surface area contributed by atoms with E-state index in [1.807, 2.05) is 55.5 Å². The van der Waals surface area contributed by atoms with Gasteiger partial charge >= 0.3 is 5.97 Å². The Labute approximate surface area is 177 Å². The molecule has 0 radical (unpaired) electrons. The van der Waals surface area contributed by atoms with E-state index in [1.165, 1.54) is 5.56 Å². The van der Waals surface area contributed by atoms with Crippen molar-refractivity contribution in [2.75, 3.05) is 6.54 Å². The molecular formula is C25H26N2O3. The molecule has 0 spiro atoms. The minimum atomic E-state index is -0.752. The first-order chi connectivity index (χ1) is 14.6. The van der Waals surface area contributed by atoms with Gasteiger partial charge in [-0.2, -0.15) is 0 Å². The van der Waals surface area contributed by atoms with Crippen LogP contribution >= 0.6 is 0 Å². The van der Waals surface area contributed by atoms with Crippen molar-refractivity contribution < 1.29 is 14.6 Å². The zero-order valence-corrected chi connectivity index (χ0v) is 17.1. The normalized spacial score (nSPS) is 14.7. The molecule has 0 amide bonds. The Kier molecular flexibility index (Phi) is 6.10. The smallest absolute Gasteiger partial charge is 0.304 e. The predicted molar refractivity (Wildman–Crippen MR) is 116 cm³/mol. The second kappa shape index (κ2) is 9.09. The van der Waals surface area contributed by atoms with Gasteiger partial charge in [-0.1, -0.05) is 36.4 Å². The van der Waals surface area contributed by atoms with Crippen molar-refractivity contribution in [1.29, 1.82) is 0 Å². The third kappa shape index (κ3) is 4.86. The molecule has 0 bridgehead atoms. The molecular weight excluding hydrogens is 376 g/mol. The number of hydrogen-bond donors (Lipinski definition) is 1. The molecule has 154 valence electrons. The molecule has 0 aliphatic carbocycles. The van der Waals surface area contributed by atoms with Gasteiger partial charge in [0, 0.05) is 36.8 Å². The van der Waals surface area contributed by atoms with Gasteiger partial charge in [0.25, 0.3) is 0 Å². The van der Waals surface area contributed by atoms with Crippen LogP contribution in [0.5, 0.6) is 5.75 Å². The summed E-state index contributed by atoms with van der Waals surface area (Å²) in [5, 5.41) is 9.04. The molecule has 3 aromatic rings. The highest BCUT2D eigenvalue weighted by Gasteiger charge is 2.23. The van der Waals surface area contributed by atoms with E-state index in [9.17, 15) is 4.79 Å². The monoisotopic (exact) mass is 402 g/mol. The van der Waals surface area contributed by atoms with Crippen molar-refractivity contribution in [3.8, 4) is 17.0 Å². The molecule has 1 unspecified atom stereocenters. The number of benzene rings is 2. The highest BCUT2D eigenvalue weighted by Crippen LogP contribution is 2.26. The Balaban J connectivity index is 1.41. The van der Waals surface area contributed by atoms with Crippen LogP contribution in [-0.4, -0.2) is 33.5 Å². The van der Waals surface area contributed by atoms with Gasteiger partial charge in [-0.15, -0.1) is 0 Å². The first kappa shape index (κ1) is 20.1. The maximum Gasteiger partial charge on any atom is 0.304 e. The Morgan fingerprint density at radius 3 is 2.60 bits per heavy atom. The summed E-state index contributed by atoms with van der Waals surface area (Å²) in [6.07, 6.45) is 1.00. The van der Waals surface area contributed by atoms with Crippen molar-refractivity contribution in [3.63, 3.8) is 0 Å². The highest BCUT2D eigenvalue weighted by atomic mass is 16.5. The molecule has 1 aliphatic heterocycles. The number of rotatable bonds is 7. The van der Waals surface area contributed by atoms with Gasteiger partial charge in [-0.25, -0.2) is 0 Å². The van der Waals surface area contributed by atoms with E-state index in [2.05, 4.69) is 23.1 Å². The molecule has 2 aromatic carbocycles. The topological polar surface area (TPSA) is 62.7 Å². The van der Waals surface area contributed by atoms with Crippen molar-refractivity contribution >= 4 is 5.97 Å². The van der Waals surface area contributed by atoms with Crippen LogP contribution < -0.4 is 4.74 Å². The third-order valence-electron chi connectivity index (χ3n) is 5.57. The fourth-order valence-corrected chi connectivity index (χ4v) is 3.82. The number of hydrogen-bond acceptors (Lipinski definition) is 4. The zero-order valence-electron chi connectivity index (χ0n) is 17.1. The number of fused-ring (bicyclic) bond motifs is 1. The molecule has 0 fully saturated rings. The van der Waals surface area contributed by atoms with Gasteiger partial charge < -0.3 is 9.84 Å². The molecule has 1 aromatic heterocycles. The second-order valence-corrected chi connectivity index (χ2v) is 7.77. The second-order valence-electron chi connectivity index (χ2n) is 7.77. The van der Waals surface area contributed by atoms with Gasteiger partial charge in [0.15, 0.2) is 0 Å². The van der Waals surface area contributed by atoms with Gasteiger partial charge in [0.05, 0.1) is 12.1 Å². The summed E-state index contributed by atoms with van der Waals surface area (Å²) in [4.78, 5) is 18.1. The molecule has 1 N–H and O–H groups in total. The minimum absolute atomic E-state index is 0.0266. The zero-order chi connectivity index (χ0) is 20.9. The highest BCUT2D eigenvalue weighted by molar-refractivity contribution is 5.67. The summed E-state index contributed by atoms with van der Waals surface area (Å²) in [5.74, 6) is 0.0848. The fourth-order valence-electron chi connectivity index (χ4n) is 3.82. The lowest BCUT2D eigenvalue weighted by molar-refractivity contribution is -0.138. The predicted octanol–water partition coefficient (Wildman–Crippen LogP) is 4.55. The lowest BCUT2D eigenvalue weighted by atomic mass is 10.0. The number of carbonyl (C=O) groups is 1. The Bertz CT molecular complexity index is 1000. The van der Waals surface area contributed by atoms with Crippen molar-refractivity contribution in [2.24, 2.45) is 0 Å². The first-order valence-electron chi connectivity index (χ1n) is 10.3. The van der Waals surface area contributed by atoms with E-state index in [1.54, 1.807) is 0 Å². The molecule has 1 atom stereocenters. The quantitative estimate of drug-likeness (QED) is 0.628. The first-order valence-corrected chi connectivity index (χ1v) is 10.3. The largest absolute Gasteiger partial charge is 0.489 e. The number of carboxylic acid groups (broad SMARTS) is 1. The van der Waals surface area contributed by atoms with E-state index in [-0.39, 0.29) is 12.5 Å².